The third kappa shape index (κ3) is 3.73. The van der Waals surface area contributed by atoms with Crippen molar-refractivity contribution in [2.24, 2.45) is 5.11 Å². The van der Waals surface area contributed by atoms with E-state index >= 15 is 0 Å². The van der Waals surface area contributed by atoms with Gasteiger partial charge in [0.1, 0.15) is 12.2 Å². The van der Waals surface area contributed by atoms with Crippen LogP contribution in [-0.4, -0.2) is 44.7 Å². The Balaban J connectivity index is 2.27. The van der Waals surface area contributed by atoms with Crippen molar-refractivity contribution in [2.45, 2.75) is 96.1 Å². The van der Waals surface area contributed by atoms with E-state index in [0.29, 0.717) is 0 Å². The fraction of sp³-hybridized carbons (Fsp3) is 1.00. The molecule has 0 amide bonds. The molecule has 8 heteroatoms. The molecule has 2 heterocycles. The Hall–Kier alpha value is -0.633. The fourth-order valence-electron chi connectivity index (χ4n) is 2.69. The molecule has 0 saturated carbocycles. The summed E-state index contributed by atoms with van der Waals surface area (Å²) in [6, 6.07) is -0.351. The first-order valence-corrected chi connectivity index (χ1v) is 11.0. The number of nitrogens with zero attached hydrogens (tertiary/aromatic N) is 3. The molecule has 7 nitrogen and oxygen atoms in total. The standard InChI is InChI=1S/C15H29N3O4Si/c1-9(17-18-16)10-11(22-23(7,8)14(2,3)4)12-13(19-10)21-15(5,6)20-12/h9-13H,1-8H3/t9-,10+,11-,12+,13+/m1/s1. The number of azide groups is 1. The number of hydrogen-bond donors (Lipinski definition) is 0. The Morgan fingerprint density at radius 1 is 1.26 bits per heavy atom. The van der Waals surface area contributed by atoms with Crippen LogP contribution in [0.4, 0.5) is 0 Å². The Labute approximate surface area is 139 Å². The predicted molar refractivity (Wildman–Crippen MR) is 89.4 cm³/mol. The summed E-state index contributed by atoms with van der Waals surface area (Å²) in [7, 11) is -2.04. The van der Waals surface area contributed by atoms with E-state index in [4.69, 9.17) is 24.2 Å². The van der Waals surface area contributed by atoms with Gasteiger partial charge in [-0.05, 0) is 37.5 Å². The average Bonchev–Trinajstić information content (AvgIpc) is 2.82. The minimum absolute atomic E-state index is 0.0619. The number of hydrogen-bond acceptors (Lipinski definition) is 5. The second-order valence-corrected chi connectivity index (χ2v) is 13.1. The summed E-state index contributed by atoms with van der Waals surface area (Å²) in [5.74, 6) is -0.697. The van der Waals surface area contributed by atoms with Gasteiger partial charge < -0.3 is 18.6 Å². The van der Waals surface area contributed by atoms with E-state index in [2.05, 4.69) is 43.9 Å². The maximum absolute atomic E-state index is 8.74. The number of rotatable bonds is 4. The minimum atomic E-state index is -2.04. The maximum atomic E-state index is 8.74. The van der Waals surface area contributed by atoms with Gasteiger partial charge >= 0.3 is 0 Å². The molecule has 0 aromatic rings. The van der Waals surface area contributed by atoms with Gasteiger partial charge in [0.15, 0.2) is 20.4 Å². The Morgan fingerprint density at radius 2 is 1.87 bits per heavy atom. The lowest BCUT2D eigenvalue weighted by Crippen LogP contribution is -2.51. The molecule has 0 aromatic carbocycles. The van der Waals surface area contributed by atoms with Gasteiger partial charge in [0.25, 0.3) is 0 Å². The van der Waals surface area contributed by atoms with Crippen LogP contribution in [0, 0.1) is 0 Å². The monoisotopic (exact) mass is 343 g/mol. The van der Waals surface area contributed by atoms with Crippen molar-refractivity contribution in [1.29, 1.82) is 0 Å². The van der Waals surface area contributed by atoms with Crippen molar-refractivity contribution >= 4 is 8.32 Å². The Morgan fingerprint density at radius 3 is 2.39 bits per heavy atom. The lowest BCUT2D eigenvalue weighted by molar-refractivity contribution is -0.215. The molecule has 0 unspecified atom stereocenters. The highest BCUT2D eigenvalue weighted by molar-refractivity contribution is 6.74. The van der Waals surface area contributed by atoms with Gasteiger partial charge in [0.05, 0.1) is 12.1 Å². The van der Waals surface area contributed by atoms with E-state index in [1.165, 1.54) is 0 Å². The molecular formula is C15H29N3O4Si. The second kappa shape index (κ2) is 6.02. The van der Waals surface area contributed by atoms with Crippen LogP contribution in [0.3, 0.4) is 0 Å². The number of ether oxygens (including phenoxy) is 3. The largest absolute Gasteiger partial charge is 0.408 e. The van der Waals surface area contributed by atoms with E-state index in [0.717, 1.165) is 0 Å². The van der Waals surface area contributed by atoms with E-state index in [1.54, 1.807) is 0 Å². The summed E-state index contributed by atoms with van der Waals surface area (Å²) in [5, 5.41) is 3.85. The highest BCUT2D eigenvalue weighted by Gasteiger charge is 2.58. The molecular weight excluding hydrogens is 314 g/mol. The van der Waals surface area contributed by atoms with Crippen molar-refractivity contribution in [1.82, 2.24) is 0 Å². The summed E-state index contributed by atoms with van der Waals surface area (Å²) in [5.41, 5.74) is 8.74. The zero-order valence-corrected chi connectivity index (χ0v) is 16.4. The molecule has 23 heavy (non-hydrogen) atoms. The van der Waals surface area contributed by atoms with Gasteiger partial charge in [0, 0.05) is 4.91 Å². The van der Waals surface area contributed by atoms with E-state index in [1.807, 2.05) is 20.8 Å². The zero-order valence-electron chi connectivity index (χ0n) is 15.4. The first-order chi connectivity index (χ1) is 10.4. The highest BCUT2D eigenvalue weighted by atomic mass is 28.4. The van der Waals surface area contributed by atoms with Crippen LogP contribution in [0.15, 0.2) is 5.11 Å². The van der Waals surface area contributed by atoms with Crippen LogP contribution in [0.2, 0.25) is 18.1 Å². The Bertz CT molecular complexity index is 499. The van der Waals surface area contributed by atoms with E-state index in [9.17, 15) is 0 Å². The van der Waals surface area contributed by atoms with Crippen molar-refractivity contribution in [2.75, 3.05) is 0 Å². The summed E-state index contributed by atoms with van der Waals surface area (Å²) in [6.45, 7) is 16.5. The minimum Gasteiger partial charge on any atom is -0.408 e. The molecule has 0 aliphatic carbocycles. The zero-order chi connectivity index (χ0) is 17.6. The van der Waals surface area contributed by atoms with Gasteiger partial charge in [-0.25, -0.2) is 0 Å². The second-order valence-electron chi connectivity index (χ2n) is 8.36. The molecule has 0 spiro atoms. The normalized spacial score (nSPS) is 34.8. The Kier molecular flexibility index (Phi) is 4.90. The van der Waals surface area contributed by atoms with Gasteiger partial charge in [-0.1, -0.05) is 32.8 Å². The van der Waals surface area contributed by atoms with Crippen molar-refractivity contribution in [3.8, 4) is 0 Å². The van der Waals surface area contributed by atoms with Crippen LogP contribution in [0.5, 0.6) is 0 Å². The molecule has 5 atom stereocenters. The van der Waals surface area contributed by atoms with Crippen LogP contribution in [0.1, 0.15) is 41.5 Å². The molecule has 0 aromatic heterocycles. The molecule has 2 fully saturated rings. The molecule has 2 aliphatic rings. The van der Waals surface area contributed by atoms with Crippen LogP contribution in [-0.2, 0) is 18.6 Å². The van der Waals surface area contributed by atoms with E-state index < -0.39 is 20.4 Å². The first-order valence-electron chi connectivity index (χ1n) is 8.11. The fourth-order valence-corrected chi connectivity index (χ4v) is 3.99. The van der Waals surface area contributed by atoms with Crippen LogP contribution in [0.25, 0.3) is 10.4 Å². The van der Waals surface area contributed by atoms with Gasteiger partial charge in [0.2, 0.25) is 0 Å². The molecule has 2 saturated heterocycles. The summed E-state index contributed by atoms with van der Waals surface area (Å²) >= 11 is 0. The van der Waals surface area contributed by atoms with Crippen molar-refractivity contribution in [3.63, 3.8) is 0 Å². The van der Waals surface area contributed by atoms with Crippen molar-refractivity contribution in [3.05, 3.63) is 10.4 Å². The van der Waals surface area contributed by atoms with Crippen LogP contribution >= 0.6 is 0 Å². The summed E-state index contributed by atoms with van der Waals surface area (Å²) in [4.78, 5) is 2.90. The lowest BCUT2D eigenvalue weighted by atomic mass is 10.1. The summed E-state index contributed by atoms with van der Waals surface area (Å²) < 4.78 is 24.4. The molecule has 0 bridgehead atoms. The molecule has 2 aliphatic heterocycles. The SMILES string of the molecule is C[C@@H](N=[N+]=[N-])[C@@H]1O[C@H]2OC(C)(C)O[C@H]2[C@@H]1O[Si](C)(C)C(C)(C)C. The van der Waals surface area contributed by atoms with Gasteiger partial charge in [-0.3, -0.25) is 0 Å². The third-order valence-corrected chi connectivity index (χ3v) is 9.45. The van der Waals surface area contributed by atoms with E-state index in [-0.39, 0.29) is 29.4 Å². The average molecular weight is 344 g/mol. The van der Waals surface area contributed by atoms with Gasteiger partial charge in [-0.15, -0.1) is 0 Å². The molecule has 132 valence electrons. The molecule has 2 rings (SSSR count). The first kappa shape index (κ1) is 18.7. The predicted octanol–water partition coefficient (Wildman–Crippen LogP) is 3.95. The summed E-state index contributed by atoms with van der Waals surface area (Å²) in [6.07, 6.45) is -1.46. The highest BCUT2D eigenvalue weighted by Crippen LogP contribution is 2.44. The van der Waals surface area contributed by atoms with Gasteiger partial charge in [-0.2, -0.15) is 0 Å². The maximum Gasteiger partial charge on any atom is 0.192 e. The smallest absolute Gasteiger partial charge is 0.192 e. The lowest BCUT2D eigenvalue weighted by Gasteiger charge is -2.41. The number of fused-ring (bicyclic) bond motifs is 1. The topological polar surface area (TPSA) is 85.7 Å². The molecule has 0 radical (unpaired) electrons. The van der Waals surface area contributed by atoms with Crippen LogP contribution < -0.4 is 0 Å². The van der Waals surface area contributed by atoms with Crippen molar-refractivity contribution < 1.29 is 18.6 Å². The molecule has 0 N–H and O–H groups in total. The quantitative estimate of drug-likeness (QED) is 0.335. The third-order valence-electron chi connectivity index (χ3n) is 4.97.